The molecule has 1 aromatic rings. The fourth-order valence-electron chi connectivity index (χ4n) is 1.88. The molecule has 1 aliphatic rings. The second-order valence-electron chi connectivity index (χ2n) is 4.43. The number of nitrogens with zero attached hydrogens (tertiary/aromatic N) is 2. The third kappa shape index (κ3) is 4.35. The molecular weight excluding hydrogens is 309 g/mol. The van der Waals surface area contributed by atoms with E-state index in [2.05, 4.69) is 4.74 Å². The van der Waals surface area contributed by atoms with E-state index in [0.29, 0.717) is 4.88 Å². The summed E-state index contributed by atoms with van der Waals surface area (Å²) in [4.78, 5) is 26.8. The largest absolute Gasteiger partial charge is 0.440 e. The molecule has 0 bridgehead atoms. The van der Waals surface area contributed by atoms with Crippen molar-refractivity contribution in [3.8, 4) is 0 Å². The maximum Gasteiger partial charge on any atom is 0.422 e. The molecule has 21 heavy (non-hydrogen) atoms. The summed E-state index contributed by atoms with van der Waals surface area (Å²) in [5.41, 5.74) is 0. The van der Waals surface area contributed by atoms with Gasteiger partial charge in [0.25, 0.3) is 5.91 Å². The van der Waals surface area contributed by atoms with Crippen molar-refractivity contribution in [3.63, 3.8) is 0 Å². The Hall–Kier alpha value is -1.77. The minimum atomic E-state index is -4.54. The predicted octanol–water partition coefficient (Wildman–Crippen LogP) is 2.20. The van der Waals surface area contributed by atoms with Gasteiger partial charge in [-0.05, 0) is 11.4 Å². The zero-order valence-corrected chi connectivity index (χ0v) is 11.7. The first kappa shape index (κ1) is 15.6. The standard InChI is InChI=1S/C12H13F3N2O3S/c13-12(14,15)8-20-11(19)17-5-3-16(4-6-17)10(18)9-2-1-7-21-9/h1-2,7H,3-6,8H2. The number of carbonyl (C=O) groups is 2. The van der Waals surface area contributed by atoms with E-state index in [0.717, 1.165) is 0 Å². The van der Waals surface area contributed by atoms with Gasteiger partial charge in [0, 0.05) is 26.2 Å². The average Bonchev–Trinajstić information content (AvgIpc) is 2.97. The lowest BCUT2D eigenvalue weighted by molar-refractivity contribution is -0.162. The molecule has 2 heterocycles. The molecular formula is C12H13F3N2O3S. The van der Waals surface area contributed by atoms with Gasteiger partial charge in [-0.2, -0.15) is 13.2 Å². The van der Waals surface area contributed by atoms with Gasteiger partial charge in [0.2, 0.25) is 0 Å². The number of hydrogen-bond donors (Lipinski definition) is 0. The third-order valence-electron chi connectivity index (χ3n) is 2.92. The molecule has 0 aromatic carbocycles. The van der Waals surface area contributed by atoms with Crippen LogP contribution in [-0.4, -0.2) is 60.8 Å². The molecule has 5 nitrogen and oxygen atoms in total. The first-order valence-electron chi connectivity index (χ1n) is 6.18. The van der Waals surface area contributed by atoms with Crippen LogP contribution >= 0.6 is 11.3 Å². The van der Waals surface area contributed by atoms with Crippen molar-refractivity contribution < 1.29 is 27.5 Å². The number of piperazine rings is 1. The van der Waals surface area contributed by atoms with E-state index >= 15 is 0 Å². The van der Waals surface area contributed by atoms with Crippen molar-refractivity contribution >= 4 is 23.3 Å². The highest BCUT2D eigenvalue weighted by molar-refractivity contribution is 7.12. The van der Waals surface area contributed by atoms with E-state index in [1.165, 1.54) is 16.2 Å². The zero-order chi connectivity index (χ0) is 15.5. The number of ether oxygens (including phenoxy) is 1. The monoisotopic (exact) mass is 322 g/mol. The van der Waals surface area contributed by atoms with Gasteiger partial charge in [0.05, 0.1) is 4.88 Å². The third-order valence-corrected chi connectivity index (χ3v) is 3.77. The zero-order valence-electron chi connectivity index (χ0n) is 10.9. The molecule has 0 radical (unpaired) electrons. The van der Waals surface area contributed by atoms with Crippen molar-refractivity contribution in [2.45, 2.75) is 6.18 Å². The summed E-state index contributed by atoms with van der Waals surface area (Å²) in [5, 5.41) is 1.79. The normalized spacial score (nSPS) is 16.0. The highest BCUT2D eigenvalue weighted by Gasteiger charge is 2.32. The molecule has 1 fully saturated rings. The topological polar surface area (TPSA) is 49.9 Å². The second kappa shape index (κ2) is 6.33. The van der Waals surface area contributed by atoms with E-state index in [1.807, 2.05) is 0 Å². The Balaban J connectivity index is 1.80. The molecule has 9 heteroatoms. The molecule has 1 aliphatic heterocycles. The van der Waals surface area contributed by atoms with Crippen LogP contribution in [0, 0.1) is 0 Å². The van der Waals surface area contributed by atoms with E-state index in [9.17, 15) is 22.8 Å². The van der Waals surface area contributed by atoms with Gasteiger partial charge in [0.1, 0.15) is 0 Å². The van der Waals surface area contributed by atoms with Crippen molar-refractivity contribution in [1.29, 1.82) is 0 Å². The number of hydrogen-bond acceptors (Lipinski definition) is 4. The van der Waals surface area contributed by atoms with Crippen molar-refractivity contribution in [3.05, 3.63) is 22.4 Å². The lowest BCUT2D eigenvalue weighted by Crippen LogP contribution is -2.50. The molecule has 0 atom stereocenters. The van der Waals surface area contributed by atoms with Gasteiger partial charge in [-0.1, -0.05) is 6.07 Å². The molecule has 2 amide bonds. The van der Waals surface area contributed by atoms with Crippen LogP contribution in [0.2, 0.25) is 0 Å². The molecule has 1 saturated heterocycles. The number of halogens is 3. The predicted molar refractivity (Wildman–Crippen MR) is 69.2 cm³/mol. The number of rotatable bonds is 2. The van der Waals surface area contributed by atoms with E-state index in [-0.39, 0.29) is 32.1 Å². The van der Waals surface area contributed by atoms with Crippen LogP contribution in [0.15, 0.2) is 17.5 Å². The lowest BCUT2D eigenvalue weighted by Gasteiger charge is -2.33. The van der Waals surface area contributed by atoms with Crippen molar-refractivity contribution in [1.82, 2.24) is 9.80 Å². The van der Waals surface area contributed by atoms with Crippen LogP contribution in [-0.2, 0) is 4.74 Å². The Labute approximate surface area is 122 Å². The Bertz CT molecular complexity index is 496. The van der Waals surface area contributed by atoms with Gasteiger partial charge < -0.3 is 14.5 Å². The lowest BCUT2D eigenvalue weighted by atomic mass is 10.3. The highest BCUT2D eigenvalue weighted by atomic mass is 32.1. The SMILES string of the molecule is O=C(OCC(F)(F)F)N1CCN(C(=O)c2cccs2)CC1. The molecule has 0 aliphatic carbocycles. The van der Waals surface area contributed by atoms with Crippen LogP contribution in [0.4, 0.5) is 18.0 Å². The fourth-order valence-corrected chi connectivity index (χ4v) is 2.57. The molecule has 0 spiro atoms. The van der Waals surface area contributed by atoms with Crippen LogP contribution in [0.1, 0.15) is 9.67 Å². The number of carbonyl (C=O) groups excluding carboxylic acids is 2. The number of thiophene rings is 1. The summed E-state index contributed by atoms with van der Waals surface area (Å²) in [6.07, 6.45) is -5.54. The van der Waals surface area contributed by atoms with Gasteiger partial charge >= 0.3 is 12.3 Å². The summed E-state index contributed by atoms with van der Waals surface area (Å²) in [7, 11) is 0. The first-order valence-corrected chi connectivity index (χ1v) is 7.06. The quantitative estimate of drug-likeness (QED) is 0.839. The molecule has 116 valence electrons. The van der Waals surface area contributed by atoms with E-state index in [4.69, 9.17) is 0 Å². The van der Waals surface area contributed by atoms with Gasteiger partial charge in [-0.3, -0.25) is 4.79 Å². The minimum absolute atomic E-state index is 0.131. The molecule has 0 N–H and O–H groups in total. The number of amides is 2. The molecule has 1 aromatic heterocycles. The number of alkyl halides is 3. The van der Waals surface area contributed by atoms with Gasteiger partial charge in [-0.15, -0.1) is 11.3 Å². The Kier molecular flexibility index (Phi) is 4.71. The molecule has 0 saturated carbocycles. The average molecular weight is 322 g/mol. The second-order valence-corrected chi connectivity index (χ2v) is 5.37. The first-order chi connectivity index (χ1) is 9.87. The smallest absolute Gasteiger partial charge is 0.422 e. The van der Waals surface area contributed by atoms with Gasteiger partial charge in [-0.25, -0.2) is 4.79 Å². The van der Waals surface area contributed by atoms with Crippen LogP contribution in [0.3, 0.4) is 0 Å². The Morgan fingerprint density at radius 2 is 1.81 bits per heavy atom. The highest BCUT2D eigenvalue weighted by Crippen LogP contribution is 2.17. The van der Waals surface area contributed by atoms with Crippen LogP contribution in [0.5, 0.6) is 0 Å². The Morgan fingerprint density at radius 3 is 2.33 bits per heavy atom. The fraction of sp³-hybridized carbons (Fsp3) is 0.500. The molecule has 0 unspecified atom stereocenters. The summed E-state index contributed by atoms with van der Waals surface area (Å²) < 4.78 is 40.1. The van der Waals surface area contributed by atoms with Crippen molar-refractivity contribution in [2.75, 3.05) is 32.8 Å². The van der Waals surface area contributed by atoms with Crippen molar-refractivity contribution in [2.24, 2.45) is 0 Å². The summed E-state index contributed by atoms with van der Waals surface area (Å²) in [6, 6.07) is 3.47. The summed E-state index contributed by atoms with van der Waals surface area (Å²) in [6.45, 7) is -0.725. The molecule has 2 rings (SSSR count). The minimum Gasteiger partial charge on any atom is -0.440 e. The van der Waals surface area contributed by atoms with Crippen LogP contribution < -0.4 is 0 Å². The maximum atomic E-state index is 12.0. The Morgan fingerprint density at radius 1 is 1.19 bits per heavy atom. The van der Waals surface area contributed by atoms with E-state index < -0.39 is 18.9 Å². The van der Waals surface area contributed by atoms with Crippen LogP contribution in [0.25, 0.3) is 0 Å². The maximum absolute atomic E-state index is 12.0. The summed E-state index contributed by atoms with van der Waals surface area (Å²) >= 11 is 1.32. The van der Waals surface area contributed by atoms with E-state index in [1.54, 1.807) is 22.4 Å². The van der Waals surface area contributed by atoms with Gasteiger partial charge in [0.15, 0.2) is 6.61 Å². The summed E-state index contributed by atoms with van der Waals surface area (Å²) in [5.74, 6) is -0.131.